The lowest BCUT2D eigenvalue weighted by molar-refractivity contribution is -0.124. The van der Waals surface area contributed by atoms with Crippen molar-refractivity contribution in [3.05, 3.63) is 35.6 Å². The molecule has 1 aromatic rings. The van der Waals surface area contributed by atoms with Crippen molar-refractivity contribution in [1.29, 1.82) is 0 Å². The summed E-state index contributed by atoms with van der Waals surface area (Å²) in [6.07, 6.45) is 1.26. The van der Waals surface area contributed by atoms with Crippen LogP contribution in [0.4, 0.5) is 9.18 Å². The molecule has 8 heteroatoms. The maximum absolute atomic E-state index is 13.0. The van der Waals surface area contributed by atoms with Crippen LogP contribution in [0.5, 0.6) is 0 Å². The van der Waals surface area contributed by atoms with E-state index in [4.69, 9.17) is 4.74 Å². The molecule has 1 aliphatic rings. The first-order valence-corrected chi connectivity index (χ1v) is 10.8. The van der Waals surface area contributed by atoms with Crippen molar-refractivity contribution >= 4 is 11.9 Å². The van der Waals surface area contributed by atoms with Gasteiger partial charge in [-0.1, -0.05) is 39.3 Å². The first kappa shape index (κ1) is 24.1. The Bertz CT molecular complexity index is 669. The molecule has 1 fully saturated rings. The summed E-state index contributed by atoms with van der Waals surface area (Å²) in [4.78, 5) is 27.2. The second-order valence-corrected chi connectivity index (χ2v) is 8.19. The molecule has 0 saturated carbocycles. The highest BCUT2D eigenvalue weighted by atomic mass is 19.1. The third-order valence-electron chi connectivity index (χ3n) is 4.92. The molecule has 30 heavy (non-hydrogen) atoms. The summed E-state index contributed by atoms with van der Waals surface area (Å²) >= 11 is 0. The van der Waals surface area contributed by atoms with E-state index in [1.807, 2.05) is 6.92 Å². The predicted molar refractivity (Wildman–Crippen MR) is 114 cm³/mol. The molecule has 0 aromatic heterocycles. The van der Waals surface area contributed by atoms with Crippen molar-refractivity contribution in [1.82, 2.24) is 20.9 Å². The summed E-state index contributed by atoms with van der Waals surface area (Å²) in [7, 11) is 0. The number of amides is 3. The molecular weight excluding hydrogens is 387 g/mol. The first-order chi connectivity index (χ1) is 14.4. The van der Waals surface area contributed by atoms with E-state index in [0.29, 0.717) is 25.5 Å². The van der Waals surface area contributed by atoms with Gasteiger partial charge in [-0.2, -0.15) is 0 Å². The molecule has 168 valence electrons. The lowest BCUT2D eigenvalue weighted by Crippen LogP contribution is -2.53. The smallest absolute Gasteiger partial charge is 0.315 e. The van der Waals surface area contributed by atoms with E-state index in [0.717, 1.165) is 31.6 Å². The number of halogens is 1. The Morgan fingerprint density at radius 2 is 1.97 bits per heavy atom. The topological polar surface area (TPSA) is 82.7 Å². The molecule has 0 aliphatic carbocycles. The molecular formula is C22H35FN4O3. The summed E-state index contributed by atoms with van der Waals surface area (Å²) in [6.45, 7) is 10.4. The van der Waals surface area contributed by atoms with Crippen LogP contribution in [0.3, 0.4) is 0 Å². The average Bonchev–Trinajstić information content (AvgIpc) is 2.71. The summed E-state index contributed by atoms with van der Waals surface area (Å²) in [5.41, 5.74) is 0.781. The Labute approximate surface area is 178 Å². The van der Waals surface area contributed by atoms with Crippen LogP contribution in [0.1, 0.15) is 39.2 Å². The van der Waals surface area contributed by atoms with E-state index in [2.05, 4.69) is 34.7 Å². The SMILES string of the molecule is CCCC(NC(=O)NCc1ccc(F)cc1)C(=O)NCC1CN(CC(C)C)CCO1. The van der Waals surface area contributed by atoms with Crippen LogP contribution in [0.15, 0.2) is 24.3 Å². The molecule has 2 rings (SSSR count). The zero-order chi connectivity index (χ0) is 21.9. The number of urea groups is 1. The van der Waals surface area contributed by atoms with Crippen LogP contribution in [-0.4, -0.2) is 61.8 Å². The van der Waals surface area contributed by atoms with E-state index in [9.17, 15) is 14.0 Å². The largest absolute Gasteiger partial charge is 0.374 e. The second kappa shape index (κ2) is 12.5. The van der Waals surface area contributed by atoms with Gasteiger partial charge >= 0.3 is 6.03 Å². The van der Waals surface area contributed by atoms with Crippen LogP contribution in [-0.2, 0) is 16.1 Å². The zero-order valence-corrected chi connectivity index (χ0v) is 18.2. The third kappa shape index (κ3) is 8.67. The molecule has 0 radical (unpaired) electrons. The number of morpholine rings is 1. The van der Waals surface area contributed by atoms with Gasteiger partial charge in [0.25, 0.3) is 0 Å². The molecule has 2 unspecified atom stereocenters. The number of rotatable bonds is 10. The van der Waals surface area contributed by atoms with Gasteiger partial charge in [-0.25, -0.2) is 9.18 Å². The molecule has 7 nitrogen and oxygen atoms in total. The minimum atomic E-state index is -0.612. The predicted octanol–water partition coefficient (Wildman–Crippen LogP) is 2.27. The van der Waals surface area contributed by atoms with Gasteiger partial charge in [-0.15, -0.1) is 0 Å². The van der Waals surface area contributed by atoms with Crippen LogP contribution in [0, 0.1) is 11.7 Å². The normalized spacial score (nSPS) is 18.1. The summed E-state index contributed by atoms with van der Waals surface area (Å²) in [6, 6.07) is 4.87. The van der Waals surface area contributed by atoms with E-state index in [1.54, 1.807) is 12.1 Å². The minimum absolute atomic E-state index is 0.0453. The number of ether oxygens (including phenoxy) is 1. The van der Waals surface area contributed by atoms with E-state index >= 15 is 0 Å². The Morgan fingerprint density at radius 1 is 1.23 bits per heavy atom. The first-order valence-electron chi connectivity index (χ1n) is 10.8. The van der Waals surface area contributed by atoms with Gasteiger partial charge in [-0.3, -0.25) is 9.69 Å². The van der Waals surface area contributed by atoms with Gasteiger partial charge in [0.05, 0.1) is 12.7 Å². The van der Waals surface area contributed by atoms with Gasteiger partial charge in [0.2, 0.25) is 5.91 Å². The fourth-order valence-corrected chi connectivity index (χ4v) is 3.48. The molecule has 1 aromatic carbocycles. The van der Waals surface area contributed by atoms with E-state index < -0.39 is 12.1 Å². The highest BCUT2D eigenvalue weighted by molar-refractivity contribution is 5.87. The Hall–Kier alpha value is -2.19. The number of carbonyl (C=O) groups excluding carboxylic acids is 2. The summed E-state index contributed by atoms with van der Waals surface area (Å²) in [5, 5.41) is 8.36. The minimum Gasteiger partial charge on any atom is -0.374 e. The Balaban J connectivity index is 1.77. The van der Waals surface area contributed by atoms with Gasteiger partial charge in [0.15, 0.2) is 0 Å². The third-order valence-corrected chi connectivity index (χ3v) is 4.92. The number of carbonyl (C=O) groups is 2. The van der Waals surface area contributed by atoms with Gasteiger partial charge in [0, 0.05) is 32.7 Å². The average molecular weight is 423 g/mol. The highest BCUT2D eigenvalue weighted by Crippen LogP contribution is 2.08. The van der Waals surface area contributed by atoms with Crippen LogP contribution < -0.4 is 16.0 Å². The molecule has 2 atom stereocenters. The van der Waals surface area contributed by atoms with E-state index in [1.165, 1.54) is 12.1 Å². The van der Waals surface area contributed by atoms with Crippen molar-refractivity contribution < 1.29 is 18.7 Å². The highest BCUT2D eigenvalue weighted by Gasteiger charge is 2.24. The zero-order valence-electron chi connectivity index (χ0n) is 18.2. The monoisotopic (exact) mass is 422 g/mol. The maximum Gasteiger partial charge on any atom is 0.315 e. The van der Waals surface area contributed by atoms with Crippen LogP contribution >= 0.6 is 0 Å². The van der Waals surface area contributed by atoms with Crippen LogP contribution in [0.2, 0.25) is 0 Å². The lowest BCUT2D eigenvalue weighted by atomic mass is 10.1. The van der Waals surface area contributed by atoms with Gasteiger partial charge in [-0.05, 0) is 30.0 Å². The number of hydrogen-bond donors (Lipinski definition) is 3. The molecule has 1 heterocycles. The van der Waals surface area contributed by atoms with Gasteiger partial charge in [0.1, 0.15) is 11.9 Å². The number of nitrogens with zero attached hydrogens (tertiary/aromatic N) is 1. The standard InChI is InChI=1S/C22H35FN4O3/c1-4-5-20(26-22(29)25-12-17-6-8-18(23)9-7-17)21(28)24-13-19-15-27(10-11-30-19)14-16(2)3/h6-9,16,19-20H,4-5,10-15H2,1-3H3,(H,24,28)(H2,25,26,29). The van der Waals surface area contributed by atoms with Crippen molar-refractivity contribution in [2.24, 2.45) is 5.92 Å². The molecule has 0 bridgehead atoms. The fraction of sp³-hybridized carbons (Fsp3) is 0.636. The molecule has 1 aliphatic heterocycles. The molecule has 3 N–H and O–H groups in total. The number of nitrogens with one attached hydrogen (secondary N) is 3. The lowest BCUT2D eigenvalue weighted by Gasteiger charge is -2.34. The maximum atomic E-state index is 13.0. The van der Waals surface area contributed by atoms with Crippen LogP contribution in [0.25, 0.3) is 0 Å². The van der Waals surface area contributed by atoms with E-state index in [-0.39, 0.29) is 24.4 Å². The number of benzene rings is 1. The van der Waals surface area contributed by atoms with Crippen molar-refractivity contribution in [2.75, 3.05) is 32.8 Å². The van der Waals surface area contributed by atoms with Crippen molar-refractivity contribution in [2.45, 2.75) is 52.3 Å². The molecule has 1 saturated heterocycles. The number of hydrogen-bond acceptors (Lipinski definition) is 4. The quantitative estimate of drug-likeness (QED) is 0.540. The summed E-state index contributed by atoms with van der Waals surface area (Å²) in [5.74, 6) is 0.0559. The molecule has 3 amide bonds. The van der Waals surface area contributed by atoms with Crippen molar-refractivity contribution in [3.63, 3.8) is 0 Å². The second-order valence-electron chi connectivity index (χ2n) is 8.19. The van der Waals surface area contributed by atoms with Gasteiger partial charge < -0.3 is 20.7 Å². The Morgan fingerprint density at radius 3 is 2.63 bits per heavy atom. The summed E-state index contributed by atoms with van der Waals surface area (Å²) < 4.78 is 18.7. The molecule has 0 spiro atoms. The Kier molecular flexibility index (Phi) is 10.0. The van der Waals surface area contributed by atoms with Crippen molar-refractivity contribution in [3.8, 4) is 0 Å². The fourth-order valence-electron chi connectivity index (χ4n) is 3.48.